The molecule has 1 aliphatic heterocycles. The SMILES string of the molecule is C=CCN(CC1=C(O)N(C)CC=N1)c1nn(Cc2ccc(OC)cc2)cc1C(=O)N(C)OC. The predicted octanol–water partition coefficient (Wildman–Crippen LogP) is 2.31. The van der Waals surface area contributed by atoms with E-state index in [2.05, 4.69) is 11.6 Å². The Bertz CT molecular complexity index is 1040. The highest BCUT2D eigenvalue weighted by molar-refractivity contribution is 5.98. The van der Waals surface area contributed by atoms with Crippen LogP contribution in [0.5, 0.6) is 5.75 Å². The zero-order chi connectivity index (χ0) is 24.0. The Morgan fingerprint density at radius 2 is 2.03 bits per heavy atom. The molecule has 1 N–H and O–H groups in total. The summed E-state index contributed by atoms with van der Waals surface area (Å²) in [4.78, 5) is 26.0. The standard InChI is InChI=1S/C23H30N6O4/c1-6-12-28(16-20-23(31)26(2)13-11-24-20)21-19(22(30)27(3)33-5)15-29(25-21)14-17-7-9-18(32-4)10-8-17/h6-11,15,31H,1,12-14,16H2,2-5H3. The van der Waals surface area contributed by atoms with Crippen molar-refractivity contribution in [2.75, 3.05) is 52.8 Å². The van der Waals surface area contributed by atoms with Crippen LogP contribution in [0.1, 0.15) is 15.9 Å². The molecule has 0 radical (unpaired) electrons. The lowest BCUT2D eigenvalue weighted by molar-refractivity contribution is -0.0756. The maximum absolute atomic E-state index is 13.0. The van der Waals surface area contributed by atoms with Crippen molar-refractivity contribution in [1.82, 2.24) is 19.7 Å². The van der Waals surface area contributed by atoms with Gasteiger partial charge in [0.15, 0.2) is 5.82 Å². The van der Waals surface area contributed by atoms with Gasteiger partial charge in [-0.25, -0.2) is 5.06 Å². The minimum atomic E-state index is -0.343. The molecule has 0 unspecified atom stereocenters. The first-order valence-electron chi connectivity index (χ1n) is 10.4. The van der Waals surface area contributed by atoms with Gasteiger partial charge in [-0.15, -0.1) is 6.58 Å². The summed E-state index contributed by atoms with van der Waals surface area (Å²) in [5.41, 5.74) is 1.84. The minimum absolute atomic E-state index is 0.0890. The lowest BCUT2D eigenvalue weighted by Crippen LogP contribution is -2.33. The summed E-state index contributed by atoms with van der Waals surface area (Å²) in [6.45, 7) is 5.45. The quantitative estimate of drug-likeness (QED) is 0.435. The Balaban J connectivity index is 1.98. The number of amides is 1. The maximum Gasteiger partial charge on any atom is 0.282 e. The fourth-order valence-corrected chi connectivity index (χ4v) is 3.36. The van der Waals surface area contributed by atoms with Crippen molar-refractivity contribution in [3.05, 3.63) is 65.8 Å². The maximum atomic E-state index is 13.0. The first-order valence-corrected chi connectivity index (χ1v) is 10.4. The number of hydrogen-bond donors (Lipinski definition) is 1. The van der Waals surface area contributed by atoms with Crippen molar-refractivity contribution >= 4 is 17.9 Å². The second kappa shape index (κ2) is 10.7. The van der Waals surface area contributed by atoms with E-state index in [9.17, 15) is 9.90 Å². The number of aliphatic hydroxyl groups excluding tert-OH is 1. The van der Waals surface area contributed by atoms with Crippen LogP contribution in [0.2, 0.25) is 0 Å². The average Bonchev–Trinajstić information content (AvgIpc) is 3.24. The summed E-state index contributed by atoms with van der Waals surface area (Å²) in [6.07, 6.45) is 5.14. The molecule has 10 heteroatoms. The van der Waals surface area contributed by atoms with Gasteiger partial charge in [0.25, 0.3) is 5.91 Å². The number of aliphatic hydroxyl groups is 1. The molecule has 2 heterocycles. The van der Waals surface area contributed by atoms with Crippen LogP contribution in [0.4, 0.5) is 5.82 Å². The number of carbonyl (C=O) groups excluding carboxylic acids is 1. The molecule has 0 aliphatic carbocycles. The highest BCUT2D eigenvalue weighted by Gasteiger charge is 2.26. The van der Waals surface area contributed by atoms with E-state index < -0.39 is 0 Å². The summed E-state index contributed by atoms with van der Waals surface area (Å²) in [5, 5.41) is 16.3. The Morgan fingerprint density at radius 3 is 2.67 bits per heavy atom. The zero-order valence-corrected chi connectivity index (χ0v) is 19.4. The second-order valence-corrected chi connectivity index (χ2v) is 7.53. The number of nitrogens with zero attached hydrogens (tertiary/aromatic N) is 6. The Morgan fingerprint density at radius 1 is 1.30 bits per heavy atom. The molecule has 0 atom stereocenters. The third kappa shape index (κ3) is 5.53. The smallest absolute Gasteiger partial charge is 0.282 e. The Kier molecular flexibility index (Phi) is 7.73. The van der Waals surface area contributed by atoms with Gasteiger partial charge in [0.05, 0.1) is 33.9 Å². The topological polar surface area (TPSA) is 95.7 Å². The van der Waals surface area contributed by atoms with E-state index in [1.54, 1.807) is 49.3 Å². The molecule has 1 aliphatic rings. The number of aromatic nitrogens is 2. The van der Waals surface area contributed by atoms with Crippen LogP contribution in [0, 0.1) is 0 Å². The van der Waals surface area contributed by atoms with E-state index >= 15 is 0 Å². The van der Waals surface area contributed by atoms with E-state index in [-0.39, 0.29) is 18.3 Å². The number of hydrogen-bond acceptors (Lipinski definition) is 8. The molecule has 3 rings (SSSR count). The summed E-state index contributed by atoms with van der Waals surface area (Å²) in [5.74, 6) is 0.956. The van der Waals surface area contributed by atoms with Gasteiger partial charge in [0.1, 0.15) is 17.0 Å². The summed E-state index contributed by atoms with van der Waals surface area (Å²) < 4.78 is 6.92. The largest absolute Gasteiger partial charge is 0.497 e. The van der Waals surface area contributed by atoms with Crippen LogP contribution in [0.3, 0.4) is 0 Å². The molecule has 1 aromatic heterocycles. The Labute approximate surface area is 193 Å². The lowest BCUT2D eigenvalue weighted by Gasteiger charge is -2.27. The normalized spacial score (nSPS) is 13.3. The number of hydroxylamine groups is 2. The molecule has 0 fully saturated rings. The fraction of sp³-hybridized carbons (Fsp3) is 0.348. The number of carbonyl (C=O) groups is 1. The van der Waals surface area contributed by atoms with Gasteiger partial charge < -0.3 is 19.6 Å². The number of methoxy groups -OCH3 is 1. The number of ether oxygens (including phenoxy) is 1. The van der Waals surface area contributed by atoms with Crippen molar-refractivity contribution in [2.45, 2.75) is 6.54 Å². The van der Waals surface area contributed by atoms with E-state index in [1.165, 1.54) is 7.11 Å². The molecule has 0 spiro atoms. The van der Waals surface area contributed by atoms with Crippen molar-refractivity contribution in [3.8, 4) is 5.75 Å². The highest BCUT2D eigenvalue weighted by Crippen LogP contribution is 2.24. The van der Waals surface area contributed by atoms with Crippen LogP contribution >= 0.6 is 0 Å². The molecule has 0 saturated carbocycles. The minimum Gasteiger partial charge on any atom is -0.497 e. The third-order valence-electron chi connectivity index (χ3n) is 5.25. The monoisotopic (exact) mass is 454 g/mol. The fourth-order valence-electron chi connectivity index (χ4n) is 3.36. The van der Waals surface area contributed by atoms with Gasteiger partial charge >= 0.3 is 0 Å². The van der Waals surface area contributed by atoms with Crippen LogP contribution < -0.4 is 9.64 Å². The summed E-state index contributed by atoms with van der Waals surface area (Å²) >= 11 is 0. The number of aliphatic imine (C=N–C) groups is 1. The van der Waals surface area contributed by atoms with Crippen LogP contribution in [-0.4, -0.2) is 84.9 Å². The number of rotatable bonds is 10. The highest BCUT2D eigenvalue weighted by atomic mass is 16.7. The second-order valence-electron chi connectivity index (χ2n) is 7.53. The number of benzene rings is 1. The van der Waals surface area contributed by atoms with E-state index in [0.29, 0.717) is 36.7 Å². The van der Waals surface area contributed by atoms with Gasteiger partial charge in [-0.3, -0.25) is 19.3 Å². The molecular weight excluding hydrogens is 424 g/mol. The summed E-state index contributed by atoms with van der Waals surface area (Å²) in [7, 11) is 6.37. The van der Waals surface area contributed by atoms with Gasteiger partial charge in [0.2, 0.25) is 5.88 Å². The molecule has 10 nitrogen and oxygen atoms in total. The molecule has 176 valence electrons. The van der Waals surface area contributed by atoms with Crippen molar-refractivity contribution < 1.29 is 19.5 Å². The molecule has 0 bridgehead atoms. The number of anilines is 1. The lowest BCUT2D eigenvalue weighted by atomic mass is 10.2. The average molecular weight is 455 g/mol. The molecule has 33 heavy (non-hydrogen) atoms. The van der Waals surface area contributed by atoms with Crippen molar-refractivity contribution in [3.63, 3.8) is 0 Å². The van der Waals surface area contributed by atoms with Crippen molar-refractivity contribution in [1.29, 1.82) is 0 Å². The van der Waals surface area contributed by atoms with Crippen LogP contribution in [0.25, 0.3) is 0 Å². The van der Waals surface area contributed by atoms with Gasteiger partial charge in [0, 0.05) is 33.1 Å². The third-order valence-corrected chi connectivity index (χ3v) is 5.25. The van der Waals surface area contributed by atoms with Gasteiger partial charge in [-0.2, -0.15) is 5.10 Å². The predicted molar refractivity (Wildman–Crippen MR) is 127 cm³/mol. The molecular formula is C23H30N6O4. The molecule has 2 aromatic rings. The molecule has 1 amide bonds. The van der Waals surface area contributed by atoms with Gasteiger partial charge in [-0.1, -0.05) is 18.2 Å². The Hall–Kier alpha value is -3.79. The first-order chi connectivity index (χ1) is 15.9. The molecule has 0 saturated heterocycles. The zero-order valence-electron chi connectivity index (χ0n) is 19.4. The van der Waals surface area contributed by atoms with Crippen LogP contribution in [-0.2, 0) is 11.4 Å². The first kappa shape index (κ1) is 23.9. The van der Waals surface area contributed by atoms with Crippen molar-refractivity contribution in [2.24, 2.45) is 4.99 Å². The summed E-state index contributed by atoms with van der Waals surface area (Å²) in [6, 6.07) is 7.64. The van der Waals surface area contributed by atoms with E-state index in [1.807, 2.05) is 29.2 Å². The molecule has 1 aromatic carbocycles. The van der Waals surface area contributed by atoms with E-state index in [4.69, 9.17) is 14.7 Å². The van der Waals surface area contributed by atoms with Crippen LogP contribution in [0.15, 0.2) is 59.7 Å². The van der Waals surface area contributed by atoms with Gasteiger partial charge in [-0.05, 0) is 17.7 Å². The van der Waals surface area contributed by atoms with E-state index in [0.717, 1.165) is 16.4 Å².